The van der Waals surface area contributed by atoms with Gasteiger partial charge in [0.25, 0.3) is 0 Å². The van der Waals surface area contributed by atoms with Crippen molar-refractivity contribution >= 4 is 45.8 Å². The molecule has 1 heterocycles. The molecule has 0 aliphatic rings. The van der Waals surface area contributed by atoms with Crippen LogP contribution in [0.4, 0.5) is 5.69 Å². The standard InChI is InChI=1S/C19H16Cl2N2O4/c1-3-26-19(25)16(23-22-14-7-5-11(20)9-13(14)21)18-17(24)12-6-4-10(2)8-15(12)27-18/h4-9,16,24H,3H2,1-2H3. The first-order valence-corrected chi connectivity index (χ1v) is 8.91. The average Bonchev–Trinajstić information content (AvgIpc) is 2.93. The molecule has 0 aliphatic carbocycles. The van der Waals surface area contributed by atoms with Crippen molar-refractivity contribution in [3.63, 3.8) is 0 Å². The van der Waals surface area contributed by atoms with Gasteiger partial charge in [-0.25, -0.2) is 4.79 Å². The van der Waals surface area contributed by atoms with Crippen molar-refractivity contribution in [3.05, 3.63) is 57.8 Å². The SMILES string of the molecule is CCOC(=O)C(N=Nc1ccc(Cl)cc1Cl)c1oc2cc(C)ccc2c1O. The molecule has 0 amide bonds. The van der Waals surface area contributed by atoms with Crippen LogP contribution in [0.3, 0.4) is 0 Å². The normalized spacial score (nSPS) is 12.6. The summed E-state index contributed by atoms with van der Waals surface area (Å²) in [5.74, 6) is -0.912. The number of rotatable bonds is 5. The van der Waals surface area contributed by atoms with Crippen molar-refractivity contribution in [2.75, 3.05) is 6.61 Å². The van der Waals surface area contributed by atoms with Crippen LogP contribution in [0.5, 0.6) is 5.75 Å². The van der Waals surface area contributed by atoms with E-state index in [0.717, 1.165) is 5.56 Å². The van der Waals surface area contributed by atoms with Gasteiger partial charge >= 0.3 is 5.97 Å². The van der Waals surface area contributed by atoms with E-state index in [1.165, 1.54) is 6.07 Å². The van der Waals surface area contributed by atoms with Crippen LogP contribution in [0.25, 0.3) is 11.0 Å². The van der Waals surface area contributed by atoms with Gasteiger partial charge in [-0.3, -0.25) is 0 Å². The number of fused-ring (bicyclic) bond motifs is 1. The summed E-state index contributed by atoms with van der Waals surface area (Å²) in [6, 6.07) is 8.70. The van der Waals surface area contributed by atoms with Crippen molar-refractivity contribution in [1.29, 1.82) is 0 Å². The fourth-order valence-electron chi connectivity index (χ4n) is 2.50. The maximum Gasteiger partial charge on any atom is 0.340 e. The molecule has 3 aromatic rings. The van der Waals surface area contributed by atoms with E-state index in [1.807, 2.05) is 13.0 Å². The molecule has 0 spiro atoms. The predicted octanol–water partition coefficient (Wildman–Crippen LogP) is 6.14. The highest BCUT2D eigenvalue weighted by atomic mass is 35.5. The van der Waals surface area contributed by atoms with Crippen molar-refractivity contribution < 1.29 is 19.1 Å². The number of carbonyl (C=O) groups excluding carboxylic acids is 1. The van der Waals surface area contributed by atoms with Crippen molar-refractivity contribution in [3.8, 4) is 5.75 Å². The highest BCUT2D eigenvalue weighted by Gasteiger charge is 2.30. The third kappa shape index (κ3) is 4.07. The Kier molecular flexibility index (Phi) is 5.68. The maximum absolute atomic E-state index is 12.4. The quantitative estimate of drug-likeness (QED) is 0.407. The van der Waals surface area contributed by atoms with Gasteiger partial charge in [0, 0.05) is 5.02 Å². The second-order valence-corrected chi connectivity index (χ2v) is 6.62. The van der Waals surface area contributed by atoms with Gasteiger partial charge in [0.05, 0.1) is 17.0 Å². The number of ether oxygens (including phenoxy) is 1. The average molecular weight is 407 g/mol. The maximum atomic E-state index is 12.4. The lowest BCUT2D eigenvalue weighted by atomic mass is 10.1. The second-order valence-electron chi connectivity index (χ2n) is 5.78. The van der Waals surface area contributed by atoms with E-state index in [9.17, 15) is 9.90 Å². The highest BCUT2D eigenvalue weighted by molar-refractivity contribution is 6.36. The lowest BCUT2D eigenvalue weighted by Crippen LogP contribution is -2.13. The van der Waals surface area contributed by atoms with Crippen LogP contribution < -0.4 is 0 Å². The molecule has 8 heteroatoms. The predicted molar refractivity (Wildman–Crippen MR) is 103 cm³/mol. The first-order chi connectivity index (χ1) is 12.9. The largest absolute Gasteiger partial charge is 0.504 e. The Balaban J connectivity index is 2.05. The first-order valence-electron chi connectivity index (χ1n) is 8.15. The zero-order valence-corrected chi connectivity index (χ0v) is 16.1. The summed E-state index contributed by atoms with van der Waals surface area (Å²) in [5, 5.41) is 19.8. The monoisotopic (exact) mass is 406 g/mol. The van der Waals surface area contributed by atoms with E-state index in [1.54, 1.807) is 31.2 Å². The first kappa shape index (κ1) is 19.2. The summed E-state index contributed by atoms with van der Waals surface area (Å²) in [6.07, 6.45) is 0. The van der Waals surface area contributed by atoms with E-state index in [2.05, 4.69) is 10.2 Å². The highest BCUT2D eigenvalue weighted by Crippen LogP contribution is 2.39. The number of carbonyl (C=O) groups is 1. The number of halogens is 2. The van der Waals surface area contributed by atoms with E-state index in [4.69, 9.17) is 32.4 Å². The summed E-state index contributed by atoms with van der Waals surface area (Å²) < 4.78 is 10.7. The number of furan rings is 1. The number of azo groups is 1. The van der Waals surface area contributed by atoms with Crippen LogP contribution in [-0.4, -0.2) is 17.7 Å². The van der Waals surface area contributed by atoms with Gasteiger partial charge in [0.15, 0.2) is 11.5 Å². The molecule has 1 N–H and O–H groups in total. The molecule has 27 heavy (non-hydrogen) atoms. The topological polar surface area (TPSA) is 84.4 Å². The van der Waals surface area contributed by atoms with Gasteiger partial charge in [0.2, 0.25) is 6.04 Å². The molecule has 3 rings (SSSR count). The Labute approximate surface area is 165 Å². The number of nitrogens with zero attached hydrogens (tertiary/aromatic N) is 2. The van der Waals surface area contributed by atoms with Crippen LogP contribution in [0.2, 0.25) is 10.0 Å². The number of esters is 1. The van der Waals surface area contributed by atoms with Gasteiger partial charge in [-0.05, 0) is 49.7 Å². The second kappa shape index (κ2) is 7.98. The summed E-state index contributed by atoms with van der Waals surface area (Å²) in [5.41, 5.74) is 1.71. The smallest absolute Gasteiger partial charge is 0.340 e. The Bertz CT molecular complexity index is 1030. The molecule has 1 atom stereocenters. The van der Waals surface area contributed by atoms with E-state index in [0.29, 0.717) is 21.7 Å². The number of hydrogen-bond donors (Lipinski definition) is 1. The molecule has 0 saturated heterocycles. The number of benzene rings is 2. The van der Waals surface area contributed by atoms with Crippen LogP contribution in [-0.2, 0) is 9.53 Å². The van der Waals surface area contributed by atoms with E-state index in [-0.39, 0.29) is 23.1 Å². The fraction of sp³-hybridized carbons (Fsp3) is 0.211. The molecule has 0 fully saturated rings. The summed E-state index contributed by atoms with van der Waals surface area (Å²) in [7, 11) is 0. The van der Waals surface area contributed by atoms with Gasteiger partial charge in [-0.2, -0.15) is 10.2 Å². The molecule has 6 nitrogen and oxygen atoms in total. The summed E-state index contributed by atoms with van der Waals surface area (Å²) in [6.45, 7) is 3.71. The lowest BCUT2D eigenvalue weighted by Gasteiger charge is -2.08. The molecular weight excluding hydrogens is 391 g/mol. The van der Waals surface area contributed by atoms with Crippen LogP contribution in [0.15, 0.2) is 51.0 Å². The van der Waals surface area contributed by atoms with Crippen LogP contribution in [0.1, 0.15) is 24.3 Å². The van der Waals surface area contributed by atoms with Crippen molar-refractivity contribution in [2.45, 2.75) is 19.9 Å². The molecule has 1 aromatic heterocycles. The number of hydrogen-bond acceptors (Lipinski definition) is 6. The summed E-state index contributed by atoms with van der Waals surface area (Å²) in [4.78, 5) is 12.4. The number of aryl methyl sites for hydroxylation is 1. The summed E-state index contributed by atoms with van der Waals surface area (Å²) >= 11 is 12.0. The Morgan fingerprint density at radius 3 is 2.74 bits per heavy atom. The molecule has 0 aliphatic heterocycles. The van der Waals surface area contributed by atoms with Crippen LogP contribution >= 0.6 is 23.2 Å². The van der Waals surface area contributed by atoms with E-state index < -0.39 is 12.0 Å². The third-order valence-corrected chi connectivity index (χ3v) is 4.33. The Morgan fingerprint density at radius 1 is 1.26 bits per heavy atom. The van der Waals surface area contributed by atoms with Crippen molar-refractivity contribution in [1.82, 2.24) is 0 Å². The zero-order chi connectivity index (χ0) is 19.6. The van der Waals surface area contributed by atoms with Gasteiger partial charge in [-0.15, -0.1) is 0 Å². The lowest BCUT2D eigenvalue weighted by molar-refractivity contribution is -0.145. The molecule has 2 aromatic carbocycles. The minimum absolute atomic E-state index is 0.0390. The molecule has 0 radical (unpaired) electrons. The minimum Gasteiger partial charge on any atom is -0.504 e. The molecule has 0 saturated carbocycles. The Morgan fingerprint density at radius 2 is 2.04 bits per heavy atom. The van der Waals surface area contributed by atoms with Gasteiger partial charge in [-0.1, -0.05) is 29.3 Å². The fourth-order valence-corrected chi connectivity index (χ4v) is 2.95. The minimum atomic E-state index is -1.27. The van der Waals surface area contributed by atoms with Crippen LogP contribution in [0, 0.1) is 6.92 Å². The molecular formula is C19H16Cl2N2O4. The van der Waals surface area contributed by atoms with E-state index >= 15 is 0 Å². The number of aromatic hydroxyl groups is 1. The zero-order valence-electron chi connectivity index (χ0n) is 14.6. The molecule has 1 unspecified atom stereocenters. The molecule has 0 bridgehead atoms. The van der Waals surface area contributed by atoms with Gasteiger partial charge < -0.3 is 14.3 Å². The molecule has 140 valence electrons. The Hall–Kier alpha value is -2.57. The third-order valence-electron chi connectivity index (χ3n) is 3.79. The van der Waals surface area contributed by atoms with Gasteiger partial charge in [0.1, 0.15) is 11.3 Å². The van der Waals surface area contributed by atoms with Crippen molar-refractivity contribution in [2.24, 2.45) is 10.2 Å².